The molecule has 0 unspecified atom stereocenters. The fourth-order valence-electron chi connectivity index (χ4n) is 1.58. The first-order valence-electron chi connectivity index (χ1n) is 6.43. The van der Waals surface area contributed by atoms with Crippen molar-refractivity contribution in [2.24, 2.45) is 0 Å². The molecule has 0 heterocycles. The van der Waals surface area contributed by atoms with Gasteiger partial charge in [0.1, 0.15) is 0 Å². The first kappa shape index (κ1) is 15.6. The third kappa shape index (κ3) is 6.29. The molecule has 1 rings (SSSR count). The van der Waals surface area contributed by atoms with Gasteiger partial charge in [0.15, 0.2) is 11.6 Å². The van der Waals surface area contributed by atoms with Crippen molar-refractivity contribution < 1.29 is 13.6 Å². The Morgan fingerprint density at radius 2 is 2.00 bits per heavy atom. The van der Waals surface area contributed by atoms with Gasteiger partial charge in [-0.15, -0.1) is 0 Å². The van der Waals surface area contributed by atoms with Crippen molar-refractivity contribution >= 4 is 5.91 Å². The van der Waals surface area contributed by atoms with E-state index in [2.05, 4.69) is 10.6 Å². The van der Waals surface area contributed by atoms with E-state index in [0.717, 1.165) is 25.1 Å². The van der Waals surface area contributed by atoms with Crippen LogP contribution in [0.5, 0.6) is 0 Å². The SMILES string of the molecule is CC(C)NCCCC(=O)NCc1ccc(F)c(F)c1. The smallest absolute Gasteiger partial charge is 0.220 e. The van der Waals surface area contributed by atoms with Crippen LogP contribution in [0.2, 0.25) is 0 Å². The molecule has 0 aliphatic heterocycles. The summed E-state index contributed by atoms with van der Waals surface area (Å²) in [6.45, 7) is 5.09. The van der Waals surface area contributed by atoms with Crippen molar-refractivity contribution in [2.45, 2.75) is 39.3 Å². The van der Waals surface area contributed by atoms with E-state index in [1.54, 1.807) is 0 Å². The quantitative estimate of drug-likeness (QED) is 0.747. The lowest BCUT2D eigenvalue weighted by atomic mass is 10.2. The van der Waals surface area contributed by atoms with Crippen LogP contribution in [0.3, 0.4) is 0 Å². The number of benzene rings is 1. The maximum absolute atomic E-state index is 12.9. The number of rotatable bonds is 7. The number of hydrogen-bond donors (Lipinski definition) is 2. The van der Waals surface area contributed by atoms with Crippen LogP contribution >= 0.6 is 0 Å². The highest BCUT2D eigenvalue weighted by molar-refractivity contribution is 5.75. The first-order valence-corrected chi connectivity index (χ1v) is 6.43. The van der Waals surface area contributed by atoms with Crippen LogP contribution in [0.15, 0.2) is 18.2 Å². The highest BCUT2D eigenvalue weighted by Crippen LogP contribution is 2.08. The molecular formula is C14H20F2N2O. The molecule has 0 saturated heterocycles. The van der Waals surface area contributed by atoms with Crippen molar-refractivity contribution in [1.29, 1.82) is 0 Å². The Bertz CT molecular complexity index is 422. The van der Waals surface area contributed by atoms with E-state index >= 15 is 0 Å². The van der Waals surface area contributed by atoms with Crippen molar-refractivity contribution in [2.75, 3.05) is 6.54 Å². The van der Waals surface area contributed by atoms with E-state index < -0.39 is 11.6 Å². The largest absolute Gasteiger partial charge is 0.352 e. The molecule has 0 spiro atoms. The summed E-state index contributed by atoms with van der Waals surface area (Å²) in [5.74, 6) is -1.86. The topological polar surface area (TPSA) is 41.1 Å². The van der Waals surface area contributed by atoms with Gasteiger partial charge in [0, 0.05) is 19.0 Å². The summed E-state index contributed by atoms with van der Waals surface area (Å²) in [6.07, 6.45) is 1.17. The zero-order chi connectivity index (χ0) is 14.3. The van der Waals surface area contributed by atoms with Gasteiger partial charge in [-0.3, -0.25) is 4.79 Å². The lowest BCUT2D eigenvalue weighted by Gasteiger charge is -2.08. The lowest BCUT2D eigenvalue weighted by molar-refractivity contribution is -0.121. The van der Waals surface area contributed by atoms with Crippen LogP contribution in [0.25, 0.3) is 0 Å². The molecule has 0 fully saturated rings. The number of nitrogens with one attached hydrogen (secondary N) is 2. The maximum Gasteiger partial charge on any atom is 0.220 e. The monoisotopic (exact) mass is 270 g/mol. The van der Waals surface area contributed by atoms with Crippen molar-refractivity contribution in [3.63, 3.8) is 0 Å². The molecule has 0 aliphatic rings. The molecule has 1 aromatic rings. The summed E-state index contributed by atoms with van der Waals surface area (Å²) < 4.78 is 25.6. The normalized spacial score (nSPS) is 10.8. The van der Waals surface area contributed by atoms with Crippen LogP contribution in [-0.4, -0.2) is 18.5 Å². The molecule has 0 bridgehead atoms. The number of carbonyl (C=O) groups excluding carboxylic acids is 1. The average Bonchev–Trinajstić information content (AvgIpc) is 2.36. The standard InChI is InChI=1S/C14H20F2N2O/c1-10(2)17-7-3-4-14(19)18-9-11-5-6-12(15)13(16)8-11/h5-6,8,10,17H,3-4,7,9H2,1-2H3,(H,18,19). The minimum absolute atomic E-state index is 0.0877. The molecule has 5 heteroatoms. The second kappa shape index (κ2) is 7.84. The molecular weight excluding hydrogens is 250 g/mol. The molecule has 3 nitrogen and oxygen atoms in total. The number of amides is 1. The van der Waals surface area contributed by atoms with Crippen molar-refractivity contribution in [3.8, 4) is 0 Å². The van der Waals surface area contributed by atoms with Gasteiger partial charge in [-0.05, 0) is 30.7 Å². The Labute approximate surface area is 112 Å². The Balaban J connectivity index is 2.24. The number of carbonyl (C=O) groups is 1. The highest BCUT2D eigenvalue weighted by Gasteiger charge is 2.05. The lowest BCUT2D eigenvalue weighted by Crippen LogP contribution is -2.27. The summed E-state index contributed by atoms with van der Waals surface area (Å²) >= 11 is 0. The highest BCUT2D eigenvalue weighted by atomic mass is 19.2. The summed E-state index contributed by atoms with van der Waals surface area (Å²) in [5.41, 5.74) is 0.549. The summed E-state index contributed by atoms with van der Waals surface area (Å²) in [6, 6.07) is 4.02. The average molecular weight is 270 g/mol. The molecule has 0 saturated carbocycles. The van der Waals surface area contributed by atoms with E-state index in [-0.39, 0.29) is 12.5 Å². The van der Waals surface area contributed by atoms with E-state index in [4.69, 9.17) is 0 Å². The molecule has 0 aromatic heterocycles. The molecule has 1 amide bonds. The van der Waals surface area contributed by atoms with Gasteiger partial charge in [-0.25, -0.2) is 8.78 Å². The van der Waals surface area contributed by atoms with Gasteiger partial charge in [-0.1, -0.05) is 19.9 Å². The minimum atomic E-state index is -0.895. The fraction of sp³-hybridized carbons (Fsp3) is 0.500. The first-order chi connectivity index (χ1) is 8.99. The summed E-state index contributed by atoms with van der Waals surface area (Å²) in [7, 11) is 0. The number of hydrogen-bond acceptors (Lipinski definition) is 2. The third-order valence-electron chi connectivity index (χ3n) is 2.61. The van der Waals surface area contributed by atoms with E-state index in [1.807, 2.05) is 13.8 Å². The van der Waals surface area contributed by atoms with Gasteiger partial charge in [0.2, 0.25) is 5.91 Å². The van der Waals surface area contributed by atoms with Gasteiger partial charge in [0.05, 0.1) is 0 Å². The summed E-state index contributed by atoms with van der Waals surface area (Å²) in [4.78, 5) is 11.5. The van der Waals surface area contributed by atoms with Gasteiger partial charge >= 0.3 is 0 Å². The fourth-order valence-corrected chi connectivity index (χ4v) is 1.58. The molecule has 1 aromatic carbocycles. The van der Waals surface area contributed by atoms with Crippen LogP contribution in [0.1, 0.15) is 32.3 Å². The molecule has 0 radical (unpaired) electrons. The predicted molar refractivity (Wildman–Crippen MR) is 70.6 cm³/mol. The molecule has 106 valence electrons. The molecule has 19 heavy (non-hydrogen) atoms. The molecule has 2 N–H and O–H groups in total. The van der Waals surface area contributed by atoms with Gasteiger partial charge in [0.25, 0.3) is 0 Å². The Morgan fingerprint density at radius 1 is 1.26 bits per heavy atom. The van der Waals surface area contributed by atoms with Crippen LogP contribution in [-0.2, 0) is 11.3 Å². The second-order valence-electron chi connectivity index (χ2n) is 4.74. The van der Waals surface area contributed by atoms with Gasteiger partial charge < -0.3 is 10.6 Å². The van der Waals surface area contributed by atoms with Crippen molar-refractivity contribution in [3.05, 3.63) is 35.4 Å². The molecule has 0 atom stereocenters. The zero-order valence-electron chi connectivity index (χ0n) is 11.3. The summed E-state index contributed by atoms with van der Waals surface area (Å²) in [5, 5.41) is 5.89. The second-order valence-corrected chi connectivity index (χ2v) is 4.74. The maximum atomic E-state index is 12.9. The zero-order valence-corrected chi connectivity index (χ0v) is 11.3. The van der Waals surface area contributed by atoms with E-state index in [0.29, 0.717) is 18.0 Å². The van der Waals surface area contributed by atoms with E-state index in [1.165, 1.54) is 6.07 Å². The minimum Gasteiger partial charge on any atom is -0.352 e. The van der Waals surface area contributed by atoms with Gasteiger partial charge in [-0.2, -0.15) is 0 Å². The number of halogens is 2. The van der Waals surface area contributed by atoms with Crippen LogP contribution in [0.4, 0.5) is 8.78 Å². The Hall–Kier alpha value is -1.49. The van der Waals surface area contributed by atoms with Crippen molar-refractivity contribution in [1.82, 2.24) is 10.6 Å². The predicted octanol–water partition coefficient (Wildman–Crippen LogP) is 2.36. The Morgan fingerprint density at radius 3 is 2.63 bits per heavy atom. The molecule has 0 aliphatic carbocycles. The Kier molecular flexibility index (Phi) is 6.42. The van der Waals surface area contributed by atoms with E-state index in [9.17, 15) is 13.6 Å². The van der Waals surface area contributed by atoms with Crippen LogP contribution in [0, 0.1) is 11.6 Å². The van der Waals surface area contributed by atoms with Crippen LogP contribution < -0.4 is 10.6 Å². The third-order valence-corrected chi connectivity index (χ3v) is 2.61.